The molecule has 0 aromatic rings. The van der Waals surface area contributed by atoms with E-state index in [4.69, 9.17) is 5.73 Å². The van der Waals surface area contributed by atoms with Crippen LogP contribution in [0.25, 0.3) is 0 Å². The number of allylic oxidation sites excluding steroid dienone is 1. The van der Waals surface area contributed by atoms with E-state index in [1.54, 1.807) is 0 Å². The summed E-state index contributed by atoms with van der Waals surface area (Å²) in [7, 11) is 0. The number of hydrogen-bond acceptors (Lipinski definition) is 3. The van der Waals surface area contributed by atoms with Gasteiger partial charge in [-0.1, -0.05) is 20.3 Å². The zero-order valence-electron chi connectivity index (χ0n) is 11.2. The highest BCUT2D eigenvalue weighted by atomic mass is 15.2. The maximum atomic E-state index is 5.60. The minimum atomic E-state index is 0. The van der Waals surface area contributed by atoms with Crippen LogP contribution in [0.15, 0.2) is 16.9 Å². The van der Waals surface area contributed by atoms with Crippen molar-refractivity contribution in [3.63, 3.8) is 0 Å². The lowest BCUT2D eigenvalue weighted by molar-refractivity contribution is 0.213. The summed E-state index contributed by atoms with van der Waals surface area (Å²) in [4.78, 5) is 6.64. The third-order valence-corrected chi connectivity index (χ3v) is 2.70. The third kappa shape index (κ3) is 5.91. The summed E-state index contributed by atoms with van der Waals surface area (Å²) in [5.74, 6) is 0.605. The summed E-state index contributed by atoms with van der Waals surface area (Å²) >= 11 is 0. The summed E-state index contributed by atoms with van der Waals surface area (Å²) < 4.78 is 0. The Morgan fingerprint density at radius 1 is 1.31 bits per heavy atom. The number of aliphatic imine (C=N–C) groups is 1. The smallest absolute Gasteiger partial charge is 0.118 e. The second-order valence-electron chi connectivity index (χ2n) is 3.83. The predicted octanol–water partition coefficient (Wildman–Crippen LogP) is 3.02. The minimum absolute atomic E-state index is 0. The predicted molar refractivity (Wildman–Crippen MR) is 74.8 cm³/mol. The van der Waals surface area contributed by atoms with Gasteiger partial charge < -0.3 is 5.73 Å². The molecule has 3 heteroatoms. The first-order valence-corrected chi connectivity index (χ1v) is 6.44. The Labute approximate surface area is 102 Å². The van der Waals surface area contributed by atoms with E-state index in [1.807, 2.05) is 33.1 Å². The number of rotatable bonds is 3. The van der Waals surface area contributed by atoms with Gasteiger partial charge in [-0.15, -0.1) is 0 Å². The molecule has 3 nitrogen and oxygen atoms in total. The molecule has 1 unspecified atom stereocenters. The van der Waals surface area contributed by atoms with Gasteiger partial charge in [0.1, 0.15) is 5.82 Å². The van der Waals surface area contributed by atoms with E-state index in [1.165, 1.54) is 32.4 Å². The van der Waals surface area contributed by atoms with Crippen LogP contribution in [0.5, 0.6) is 0 Å². The summed E-state index contributed by atoms with van der Waals surface area (Å²) in [6.07, 6.45) is 7.77. The van der Waals surface area contributed by atoms with E-state index in [9.17, 15) is 0 Å². The van der Waals surface area contributed by atoms with Gasteiger partial charge in [-0.25, -0.2) is 4.99 Å². The van der Waals surface area contributed by atoms with Gasteiger partial charge in [-0.2, -0.15) is 0 Å². The highest BCUT2D eigenvalue weighted by molar-refractivity contribution is 5.65. The molecule has 0 saturated carbocycles. The standard InChI is InChI=1S/C11H21N3.C2H6.H2/c1-3-11(12)13-9-10(2)14-7-5-4-6-8-14;1-2;/h3,9-10H,4-8,12H2,1-2H3;1-2H3;1H/b11-3-,13-9-;;. The molecule has 2 N–H and O–H groups in total. The molecule has 96 valence electrons. The Balaban J connectivity index is 0. The van der Waals surface area contributed by atoms with Crippen LogP contribution in [0.1, 0.15) is 48.4 Å². The van der Waals surface area contributed by atoms with Crippen molar-refractivity contribution >= 4 is 6.21 Å². The average Bonchev–Trinajstić information content (AvgIpc) is 2.38. The van der Waals surface area contributed by atoms with E-state index in [0.717, 1.165) is 0 Å². The number of likely N-dealkylation sites (tertiary alicyclic amines) is 1. The molecular weight excluding hydrogens is 198 g/mol. The first-order chi connectivity index (χ1) is 7.74. The van der Waals surface area contributed by atoms with Crippen LogP contribution >= 0.6 is 0 Å². The third-order valence-electron chi connectivity index (χ3n) is 2.70. The maximum absolute atomic E-state index is 5.60. The molecule has 0 bridgehead atoms. The van der Waals surface area contributed by atoms with E-state index >= 15 is 0 Å². The summed E-state index contributed by atoms with van der Waals surface area (Å²) in [5, 5.41) is 0. The summed E-state index contributed by atoms with van der Waals surface area (Å²) in [5.41, 5.74) is 5.60. The van der Waals surface area contributed by atoms with Crippen molar-refractivity contribution in [2.45, 2.75) is 53.0 Å². The van der Waals surface area contributed by atoms with E-state index in [0.29, 0.717) is 11.9 Å². The van der Waals surface area contributed by atoms with Crippen LogP contribution in [0, 0.1) is 0 Å². The molecule has 1 aliphatic heterocycles. The maximum Gasteiger partial charge on any atom is 0.118 e. The van der Waals surface area contributed by atoms with Crippen molar-refractivity contribution in [2.75, 3.05) is 13.1 Å². The number of nitrogens with zero attached hydrogens (tertiary/aromatic N) is 2. The van der Waals surface area contributed by atoms with Crippen LogP contribution in [-0.2, 0) is 0 Å². The molecule has 0 spiro atoms. The van der Waals surface area contributed by atoms with Crippen LogP contribution in [0.3, 0.4) is 0 Å². The fourth-order valence-electron chi connectivity index (χ4n) is 1.69. The topological polar surface area (TPSA) is 41.6 Å². The lowest BCUT2D eigenvalue weighted by atomic mass is 10.1. The van der Waals surface area contributed by atoms with Crippen LogP contribution < -0.4 is 5.73 Å². The second kappa shape index (κ2) is 9.40. The number of hydrogen-bond donors (Lipinski definition) is 1. The van der Waals surface area contributed by atoms with E-state index in [-0.39, 0.29) is 1.43 Å². The van der Waals surface area contributed by atoms with E-state index < -0.39 is 0 Å². The van der Waals surface area contributed by atoms with Gasteiger partial charge in [-0.3, -0.25) is 4.90 Å². The normalized spacial score (nSPS) is 20.4. The van der Waals surface area contributed by atoms with Gasteiger partial charge in [0.2, 0.25) is 0 Å². The molecular formula is C13H29N3. The van der Waals surface area contributed by atoms with E-state index in [2.05, 4.69) is 16.8 Å². The van der Waals surface area contributed by atoms with Crippen molar-refractivity contribution in [3.05, 3.63) is 11.9 Å². The van der Waals surface area contributed by atoms with Gasteiger partial charge in [0.15, 0.2) is 0 Å². The van der Waals surface area contributed by atoms with Crippen LogP contribution in [0.4, 0.5) is 0 Å². The molecule has 1 fully saturated rings. The Kier molecular flexibility index (Phi) is 8.91. The molecule has 0 aromatic carbocycles. The zero-order chi connectivity index (χ0) is 12.4. The van der Waals surface area contributed by atoms with Crippen LogP contribution in [0.2, 0.25) is 0 Å². The molecule has 0 aromatic heterocycles. The first-order valence-electron chi connectivity index (χ1n) is 6.44. The quantitative estimate of drug-likeness (QED) is 0.753. The average molecular weight is 227 g/mol. The Morgan fingerprint density at radius 3 is 2.38 bits per heavy atom. The Bertz CT molecular complexity index is 221. The molecule has 1 heterocycles. The van der Waals surface area contributed by atoms with Crippen molar-refractivity contribution in [1.29, 1.82) is 0 Å². The van der Waals surface area contributed by atoms with Gasteiger partial charge in [-0.05, 0) is 45.9 Å². The van der Waals surface area contributed by atoms with Crippen LogP contribution in [-0.4, -0.2) is 30.2 Å². The molecule has 1 aliphatic rings. The Hall–Kier alpha value is -0.830. The second-order valence-corrected chi connectivity index (χ2v) is 3.83. The fourth-order valence-corrected chi connectivity index (χ4v) is 1.69. The molecule has 1 rings (SSSR count). The SMILES string of the molecule is C/C=C(N)\N=C/C(C)N1CCCCC1.CC.[HH]. The minimum Gasteiger partial charge on any atom is -0.384 e. The molecule has 0 radical (unpaired) electrons. The van der Waals surface area contributed by atoms with Gasteiger partial charge in [0, 0.05) is 13.7 Å². The van der Waals surface area contributed by atoms with Gasteiger partial charge in [0.05, 0.1) is 0 Å². The highest BCUT2D eigenvalue weighted by Crippen LogP contribution is 2.10. The van der Waals surface area contributed by atoms with Crippen molar-refractivity contribution < 1.29 is 1.43 Å². The fraction of sp³-hybridized carbons (Fsp3) is 0.769. The summed E-state index contributed by atoms with van der Waals surface area (Å²) in [6.45, 7) is 10.5. The Morgan fingerprint density at radius 2 is 1.88 bits per heavy atom. The molecule has 0 amide bonds. The molecule has 1 atom stereocenters. The first kappa shape index (κ1) is 15.2. The zero-order valence-corrected chi connectivity index (χ0v) is 11.2. The lowest BCUT2D eigenvalue weighted by Crippen LogP contribution is -2.38. The van der Waals surface area contributed by atoms with Gasteiger partial charge >= 0.3 is 0 Å². The number of nitrogens with two attached hydrogens (primary N) is 1. The molecule has 16 heavy (non-hydrogen) atoms. The highest BCUT2D eigenvalue weighted by Gasteiger charge is 2.14. The van der Waals surface area contributed by atoms with Crippen molar-refractivity contribution in [3.8, 4) is 0 Å². The number of piperidine rings is 1. The van der Waals surface area contributed by atoms with Gasteiger partial charge in [0.25, 0.3) is 0 Å². The monoisotopic (exact) mass is 227 g/mol. The lowest BCUT2D eigenvalue weighted by Gasteiger charge is -2.30. The largest absolute Gasteiger partial charge is 0.384 e. The van der Waals surface area contributed by atoms with Crippen molar-refractivity contribution in [1.82, 2.24) is 4.90 Å². The summed E-state index contributed by atoms with van der Waals surface area (Å²) in [6, 6.07) is 0.411. The molecule has 0 aliphatic carbocycles. The van der Waals surface area contributed by atoms with Crippen molar-refractivity contribution in [2.24, 2.45) is 10.7 Å². The molecule has 1 saturated heterocycles.